The van der Waals surface area contributed by atoms with Crippen molar-refractivity contribution in [1.82, 2.24) is 19.9 Å². The topological polar surface area (TPSA) is 116 Å². The summed E-state index contributed by atoms with van der Waals surface area (Å²) in [5.74, 6) is -0.176. The van der Waals surface area contributed by atoms with Crippen molar-refractivity contribution in [3.05, 3.63) is 66.6 Å². The Bertz CT molecular complexity index is 1390. The molecule has 0 spiro atoms. The van der Waals surface area contributed by atoms with E-state index in [1.165, 1.54) is 0 Å². The van der Waals surface area contributed by atoms with Gasteiger partial charge in [-0.1, -0.05) is 38.1 Å². The summed E-state index contributed by atoms with van der Waals surface area (Å²) in [6.45, 7) is 3.80. The van der Waals surface area contributed by atoms with Crippen LogP contribution in [0.4, 0.5) is 0 Å². The molecule has 0 aliphatic rings. The molecule has 2 heterocycles. The largest absolute Gasteiger partial charge is 0.496 e. The standard InChI is InChI=1S/C27H28N4O5/c1-16(2)14-19(27(33)34)30-26(32)20-15-31(21-12-13-28-18-9-6-5-8-17(18)21)25(29-20)24-22(35-3)10-7-11-23(24)36-4/h5-13,15-16,19H,14H2,1-4H3,(H,30,32)(H,33,34)/t19-/m0/s1. The molecule has 1 amide bonds. The maximum atomic E-state index is 13.2. The van der Waals surface area contributed by atoms with E-state index in [0.717, 1.165) is 16.6 Å². The maximum absolute atomic E-state index is 13.2. The van der Waals surface area contributed by atoms with Gasteiger partial charge in [0.1, 0.15) is 28.8 Å². The van der Waals surface area contributed by atoms with Gasteiger partial charge >= 0.3 is 5.97 Å². The molecule has 2 aromatic carbocycles. The minimum absolute atomic E-state index is 0.0638. The number of nitrogens with zero attached hydrogens (tertiary/aromatic N) is 3. The Kier molecular flexibility index (Phi) is 7.19. The van der Waals surface area contributed by atoms with Crippen LogP contribution in [0.2, 0.25) is 0 Å². The van der Waals surface area contributed by atoms with Gasteiger partial charge in [-0.3, -0.25) is 14.3 Å². The normalized spacial score (nSPS) is 11.9. The molecule has 36 heavy (non-hydrogen) atoms. The number of carboxylic acids is 1. The summed E-state index contributed by atoms with van der Waals surface area (Å²) < 4.78 is 13.0. The zero-order chi connectivity index (χ0) is 25.8. The van der Waals surface area contributed by atoms with E-state index in [0.29, 0.717) is 29.3 Å². The predicted molar refractivity (Wildman–Crippen MR) is 136 cm³/mol. The molecule has 1 atom stereocenters. The highest BCUT2D eigenvalue weighted by Crippen LogP contribution is 2.39. The summed E-state index contributed by atoms with van der Waals surface area (Å²) in [6, 6.07) is 13.8. The Morgan fingerprint density at radius 2 is 1.72 bits per heavy atom. The Morgan fingerprint density at radius 1 is 1.03 bits per heavy atom. The first-order valence-corrected chi connectivity index (χ1v) is 11.5. The lowest BCUT2D eigenvalue weighted by atomic mass is 10.0. The molecule has 0 unspecified atom stereocenters. The fraction of sp³-hybridized carbons (Fsp3) is 0.259. The van der Waals surface area contributed by atoms with E-state index in [-0.39, 0.29) is 11.6 Å². The summed E-state index contributed by atoms with van der Waals surface area (Å²) in [6.07, 6.45) is 3.57. The number of rotatable bonds is 9. The van der Waals surface area contributed by atoms with Gasteiger partial charge < -0.3 is 19.9 Å². The Morgan fingerprint density at radius 3 is 2.36 bits per heavy atom. The van der Waals surface area contributed by atoms with E-state index in [9.17, 15) is 14.7 Å². The third-order valence-corrected chi connectivity index (χ3v) is 5.79. The summed E-state index contributed by atoms with van der Waals surface area (Å²) in [5, 5.41) is 13.1. The number of amides is 1. The number of imidazole rings is 1. The molecule has 186 valence electrons. The van der Waals surface area contributed by atoms with E-state index in [1.54, 1.807) is 49.4 Å². The number of pyridine rings is 1. The van der Waals surface area contributed by atoms with Crippen LogP contribution in [0.1, 0.15) is 30.8 Å². The minimum atomic E-state index is -1.09. The molecule has 0 aliphatic heterocycles. The van der Waals surface area contributed by atoms with Crippen molar-refractivity contribution in [2.45, 2.75) is 26.3 Å². The SMILES string of the molecule is COc1cccc(OC)c1-c1nc(C(=O)N[C@@H](CC(C)C)C(=O)O)cn1-c1ccnc2ccccc12. The highest BCUT2D eigenvalue weighted by molar-refractivity contribution is 5.96. The fourth-order valence-electron chi connectivity index (χ4n) is 4.14. The summed E-state index contributed by atoms with van der Waals surface area (Å²) in [4.78, 5) is 34.1. The number of aromatic nitrogens is 3. The van der Waals surface area contributed by atoms with Gasteiger partial charge in [-0.2, -0.15) is 0 Å². The predicted octanol–water partition coefficient (Wildman–Crippen LogP) is 4.33. The van der Waals surface area contributed by atoms with Crippen molar-refractivity contribution in [3.8, 4) is 28.6 Å². The third-order valence-electron chi connectivity index (χ3n) is 5.79. The molecule has 0 bridgehead atoms. The number of aliphatic carboxylic acids is 1. The fourth-order valence-corrected chi connectivity index (χ4v) is 4.14. The molecular weight excluding hydrogens is 460 g/mol. The molecule has 9 nitrogen and oxygen atoms in total. The average molecular weight is 489 g/mol. The van der Waals surface area contributed by atoms with Gasteiger partial charge in [0.2, 0.25) is 0 Å². The molecule has 2 aromatic heterocycles. The lowest BCUT2D eigenvalue weighted by Crippen LogP contribution is -2.41. The molecule has 0 radical (unpaired) electrons. The number of benzene rings is 2. The summed E-state index contributed by atoms with van der Waals surface area (Å²) in [5.41, 5.74) is 2.14. The molecule has 0 fully saturated rings. The van der Waals surface area contributed by atoms with Gasteiger partial charge in [-0.25, -0.2) is 9.78 Å². The van der Waals surface area contributed by atoms with Crippen LogP contribution in [-0.4, -0.2) is 51.8 Å². The monoisotopic (exact) mass is 488 g/mol. The number of carboxylic acid groups (broad SMARTS) is 1. The number of methoxy groups -OCH3 is 2. The third kappa shape index (κ3) is 4.86. The van der Waals surface area contributed by atoms with Crippen LogP contribution in [0.3, 0.4) is 0 Å². The van der Waals surface area contributed by atoms with Crippen molar-refractivity contribution in [2.24, 2.45) is 5.92 Å². The molecule has 0 saturated carbocycles. The van der Waals surface area contributed by atoms with Gasteiger partial charge in [0.25, 0.3) is 5.91 Å². The van der Waals surface area contributed by atoms with Crippen LogP contribution in [0.25, 0.3) is 28.0 Å². The second-order valence-corrected chi connectivity index (χ2v) is 8.70. The van der Waals surface area contributed by atoms with Crippen molar-refractivity contribution in [3.63, 3.8) is 0 Å². The average Bonchev–Trinajstić information content (AvgIpc) is 3.32. The quantitative estimate of drug-likeness (QED) is 0.360. The van der Waals surface area contributed by atoms with Gasteiger partial charge in [-0.15, -0.1) is 0 Å². The summed E-state index contributed by atoms with van der Waals surface area (Å²) in [7, 11) is 3.09. The lowest BCUT2D eigenvalue weighted by molar-refractivity contribution is -0.139. The second-order valence-electron chi connectivity index (χ2n) is 8.70. The van der Waals surface area contributed by atoms with Crippen molar-refractivity contribution < 1.29 is 24.2 Å². The van der Waals surface area contributed by atoms with Gasteiger partial charge in [0.15, 0.2) is 5.82 Å². The zero-order valence-corrected chi connectivity index (χ0v) is 20.6. The maximum Gasteiger partial charge on any atom is 0.326 e. The minimum Gasteiger partial charge on any atom is -0.496 e. The summed E-state index contributed by atoms with van der Waals surface area (Å²) >= 11 is 0. The molecule has 4 aromatic rings. The van der Waals surface area contributed by atoms with E-state index >= 15 is 0 Å². The Labute approximate surface area is 208 Å². The van der Waals surface area contributed by atoms with Gasteiger partial charge in [0.05, 0.1) is 25.4 Å². The number of nitrogens with one attached hydrogen (secondary N) is 1. The van der Waals surface area contributed by atoms with E-state index in [4.69, 9.17) is 9.47 Å². The van der Waals surface area contributed by atoms with Crippen molar-refractivity contribution in [2.75, 3.05) is 14.2 Å². The van der Waals surface area contributed by atoms with Crippen molar-refractivity contribution >= 4 is 22.8 Å². The molecule has 4 rings (SSSR count). The van der Waals surface area contributed by atoms with E-state index < -0.39 is 17.9 Å². The second kappa shape index (κ2) is 10.5. The van der Waals surface area contributed by atoms with Crippen molar-refractivity contribution in [1.29, 1.82) is 0 Å². The lowest BCUT2D eigenvalue weighted by Gasteiger charge is -2.15. The first kappa shape index (κ1) is 24.7. The van der Waals surface area contributed by atoms with E-state index in [1.807, 2.05) is 44.2 Å². The van der Waals surface area contributed by atoms with Crippen LogP contribution in [0.5, 0.6) is 11.5 Å². The molecule has 0 saturated heterocycles. The van der Waals surface area contributed by atoms with Crippen LogP contribution >= 0.6 is 0 Å². The number of hydrogen-bond donors (Lipinski definition) is 2. The highest BCUT2D eigenvalue weighted by Gasteiger charge is 2.26. The zero-order valence-electron chi connectivity index (χ0n) is 20.6. The molecular formula is C27H28N4O5. The highest BCUT2D eigenvalue weighted by atomic mass is 16.5. The number of hydrogen-bond acceptors (Lipinski definition) is 6. The van der Waals surface area contributed by atoms with Crippen LogP contribution < -0.4 is 14.8 Å². The molecule has 2 N–H and O–H groups in total. The Hall–Kier alpha value is -4.40. The molecule has 0 aliphatic carbocycles. The van der Waals surface area contributed by atoms with Gasteiger partial charge in [0, 0.05) is 17.8 Å². The number of para-hydroxylation sites is 1. The Balaban J connectivity index is 1.91. The number of carbonyl (C=O) groups is 2. The van der Waals surface area contributed by atoms with E-state index in [2.05, 4.69) is 15.3 Å². The molecule has 9 heteroatoms. The first-order valence-electron chi connectivity index (χ1n) is 11.5. The number of fused-ring (bicyclic) bond motifs is 1. The number of carbonyl (C=O) groups excluding carboxylic acids is 1. The van der Waals surface area contributed by atoms with Crippen LogP contribution in [-0.2, 0) is 4.79 Å². The smallest absolute Gasteiger partial charge is 0.326 e. The van der Waals surface area contributed by atoms with Gasteiger partial charge in [-0.05, 0) is 36.6 Å². The van der Waals surface area contributed by atoms with Crippen LogP contribution in [0.15, 0.2) is 60.9 Å². The first-order chi connectivity index (χ1) is 17.3. The number of ether oxygens (including phenoxy) is 2. The van der Waals surface area contributed by atoms with Crippen LogP contribution in [0, 0.1) is 5.92 Å².